The van der Waals surface area contributed by atoms with Crippen LogP contribution in [0.1, 0.15) is 10.5 Å². The molecular formula is C13H11ClN2O3. The molecule has 2 N–H and O–H groups in total. The summed E-state index contributed by atoms with van der Waals surface area (Å²) in [5.74, 6) is -0.134. The zero-order valence-corrected chi connectivity index (χ0v) is 10.8. The number of methoxy groups -OCH3 is 1. The van der Waals surface area contributed by atoms with E-state index in [0.29, 0.717) is 16.5 Å². The van der Waals surface area contributed by atoms with Crippen LogP contribution in [0.15, 0.2) is 36.5 Å². The Morgan fingerprint density at radius 1 is 1.37 bits per heavy atom. The predicted octanol–water partition coefficient (Wildman–Crippen LogP) is 2.70. The Kier molecular flexibility index (Phi) is 3.87. The van der Waals surface area contributed by atoms with Crippen LogP contribution in [0.3, 0.4) is 0 Å². The number of rotatable bonds is 3. The Balaban J connectivity index is 2.17. The number of aromatic hydroxyl groups is 1. The molecule has 0 radical (unpaired) electrons. The molecule has 0 aliphatic rings. The van der Waals surface area contributed by atoms with E-state index in [1.165, 1.54) is 25.4 Å². The van der Waals surface area contributed by atoms with E-state index >= 15 is 0 Å². The SMILES string of the molecule is COc1ccc(NC(=O)c2cc(Cl)ccn2)cc1O. The van der Waals surface area contributed by atoms with E-state index in [1.54, 1.807) is 18.2 Å². The van der Waals surface area contributed by atoms with Crippen LogP contribution < -0.4 is 10.1 Å². The average molecular weight is 279 g/mol. The van der Waals surface area contributed by atoms with Crippen molar-refractivity contribution in [3.05, 3.63) is 47.2 Å². The maximum absolute atomic E-state index is 11.9. The van der Waals surface area contributed by atoms with Gasteiger partial charge in [0.05, 0.1) is 7.11 Å². The first-order valence-electron chi connectivity index (χ1n) is 5.40. The molecule has 0 fully saturated rings. The molecule has 0 spiro atoms. The number of pyridine rings is 1. The summed E-state index contributed by atoms with van der Waals surface area (Å²) in [5.41, 5.74) is 0.632. The van der Waals surface area contributed by atoms with E-state index < -0.39 is 5.91 Å². The van der Waals surface area contributed by atoms with Crippen molar-refractivity contribution < 1.29 is 14.6 Å². The van der Waals surface area contributed by atoms with Crippen LogP contribution >= 0.6 is 11.6 Å². The molecule has 0 aliphatic heterocycles. The zero-order chi connectivity index (χ0) is 13.8. The van der Waals surface area contributed by atoms with E-state index in [9.17, 15) is 9.90 Å². The molecule has 0 atom stereocenters. The van der Waals surface area contributed by atoms with Gasteiger partial charge in [-0.25, -0.2) is 0 Å². The Bertz CT molecular complexity index is 617. The van der Waals surface area contributed by atoms with Crippen molar-refractivity contribution in [2.75, 3.05) is 12.4 Å². The number of benzene rings is 1. The summed E-state index contributed by atoms with van der Waals surface area (Å²) in [7, 11) is 1.45. The van der Waals surface area contributed by atoms with Gasteiger partial charge in [-0.3, -0.25) is 9.78 Å². The summed E-state index contributed by atoms with van der Waals surface area (Å²) < 4.78 is 4.91. The van der Waals surface area contributed by atoms with Crippen LogP contribution in [0.5, 0.6) is 11.5 Å². The number of aromatic nitrogens is 1. The highest BCUT2D eigenvalue weighted by molar-refractivity contribution is 6.30. The Labute approximate surface area is 114 Å². The Morgan fingerprint density at radius 2 is 2.16 bits per heavy atom. The van der Waals surface area contributed by atoms with E-state index in [2.05, 4.69) is 10.3 Å². The second kappa shape index (κ2) is 5.58. The molecule has 1 aromatic carbocycles. The summed E-state index contributed by atoms with van der Waals surface area (Å²) in [6, 6.07) is 7.59. The number of phenols is 1. The van der Waals surface area contributed by atoms with Gasteiger partial charge >= 0.3 is 0 Å². The number of hydrogen-bond acceptors (Lipinski definition) is 4. The lowest BCUT2D eigenvalue weighted by atomic mass is 10.2. The maximum atomic E-state index is 11.9. The minimum absolute atomic E-state index is 0.0562. The molecule has 0 saturated heterocycles. The number of nitrogens with one attached hydrogen (secondary N) is 1. The molecule has 5 nitrogen and oxygen atoms in total. The second-order valence-electron chi connectivity index (χ2n) is 3.70. The van der Waals surface area contributed by atoms with Crippen molar-refractivity contribution in [2.24, 2.45) is 0 Å². The monoisotopic (exact) mass is 278 g/mol. The fraction of sp³-hybridized carbons (Fsp3) is 0.0769. The molecule has 1 aromatic heterocycles. The van der Waals surface area contributed by atoms with E-state index in [4.69, 9.17) is 16.3 Å². The van der Waals surface area contributed by atoms with E-state index in [0.717, 1.165) is 0 Å². The topological polar surface area (TPSA) is 71.5 Å². The highest BCUT2D eigenvalue weighted by atomic mass is 35.5. The van der Waals surface area contributed by atoms with Crippen molar-refractivity contribution in [1.82, 2.24) is 4.98 Å². The second-order valence-corrected chi connectivity index (χ2v) is 4.14. The number of nitrogens with zero attached hydrogens (tertiary/aromatic N) is 1. The Morgan fingerprint density at radius 3 is 2.79 bits per heavy atom. The molecule has 1 amide bonds. The third-order valence-corrected chi connectivity index (χ3v) is 2.63. The molecule has 6 heteroatoms. The van der Waals surface area contributed by atoms with Crippen LogP contribution in [0.25, 0.3) is 0 Å². The van der Waals surface area contributed by atoms with Crippen LogP contribution in [-0.4, -0.2) is 23.1 Å². The molecule has 0 aliphatic carbocycles. The van der Waals surface area contributed by atoms with Gasteiger partial charge in [-0.15, -0.1) is 0 Å². The van der Waals surface area contributed by atoms with Crippen LogP contribution in [0.4, 0.5) is 5.69 Å². The number of ether oxygens (including phenoxy) is 1. The molecule has 98 valence electrons. The number of carbonyl (C=O) groups is 1. The molecule has 19 heavy (non-hydrogen) atoms. The molecule has 2 rings (SSSR count). The van der Waals surface area contributed by atoms with Gasteiger partial charge in [0.1, 0.15) is 5.69 Å². The quantitative estimate of drug-likeness (QED) is 0.905. The molecule has 2 aromatic rings. The number of amides is 1. The smallest absolute Gasteiger partial charge is 0.274 e. The molecule has 0 saturated carbocycles. The van der Waals surface area contributed by atoms with Crippen molar-refractivity contribution in [1.29, 1.82) is 0 Å². The van der Waals surface area contributed by atoms with Gasteiger partial charge in [-0.2, -0.15) is 0 Å². The van der Waals surface area contributed by atoms with Crippen LogP contribution in [-0.2, 0) is 0 Å². The minimum atomic E-state index is -0.410. The standard InChI is InChI=1S/C13H11ClN2O3/c1-19-12-3-2-9(7-11(12)17)16-13(18)10-6-8(14)4-5-15-10/h2-7,17H,1H3,(H,16,18). The van der Waals surface area contributed by atoms with Crippen molar-refractivity contribution in [3.63, 3.8) is 0 Å². The Hall–Kier alpha value is -2.27. The van der Waals surface area contributed by atoms with Gasteiger partial charge < -0.3 is 15.2 Å². The first-order chi connectivity index (χ1) is 9.10. The van der Waals surface area contributed by atoms with Crippen molar-refractivity contribution >= 4 is 23.2 Å². The normalized spacial score (nSPS) is 10.0. The predicted molar refractivity (Wildman–Crippen MR) is 71.9 cm³/mol. The summed E-state index contributed by atoms with van der Waals surface area (Å²) >= 11 is 5.78. The van der Waals surface area contributed by atoms with Crippen LogP contribution in [0, 0.1) is 0 Å². The number of hydrogen-bond donors (Lipinski definition) is 2. The van der Waals surface area contributed by atoms with Crippen LogP contribution in [0.2, 0.25) is 5.02 Å². The zero-order valence-electron chi connectivity index (χ0n) is 10.1. The number of carbonyl (C=O) groups excluding carboxylic acids is 1. The number of anilines is 1. The third-order valence-electron chi connectivity index (χ3n) is 2.39. The maximum Gasteiger partial charge on any atom is 0.274 e. The summed E-state index contributed by atoms with van der Waals surface area (Å²) in [6.07, 6.45) is 1.45. The molecule has 1 heterocycles. The third kappa shape index (κ3) is 3.14. The average Bonchev–Trinajstić information content (AvgIpc) is 2.39. The lowest BCUT2D eigenvalue weighted by Crippen LogP contribution is -2.13. The first-order valence-corrected chi connectivity index (χ1v) is 5.78. The van der Waals surface area contributed by atoms with Gasteiger partial charge in [0.15, 0.2) is 11.5 Å². The molecule has 0 unspecified atom stereocenters. The fourth-order valence-corrected chi connectivity index (χ4v) is 1.65. The van der Waals surface area contributed by atoms with Gasteiger partial charge in [-0.1, -0.05) is 11.6 Å². The minimum Gasteiger partial charge on any atom is -0.504 e. The van der Waals surface area contributed by atoms with E-state index in [1.807, 2.05) is 0 Å². The lowest BCUT2D eigenvalue weighted by molar-refractivity contribution is 0.102. The number of halogens is 1. The summed E-state index contributed by atoms with van der Waals surface area (Å²) in [6.45, 7) is 0. The van der Waals surface area contributed by atoms with Gasteiger partial charge in [0.25, 0.3) is 5.91 Å². The largest absolute Gasteiger partial charge is 0.504 e. The molecule has 0 bridgehead atoms. The van der Waals surface area contributed by atoms with E-state index in [-0.39, 0.29) is 11.4 Å². The highest BCUT2D eigenvalue weighted by Crippen LogP contribution is 2.28. The fourth-order valence-electron chi connectivity index (χ4n) is 1.49. The van der Waals surface area contributed by atoms with Gasteiger partial charge in [0, 0.05) is 23.0 Å². The van der Waals surface area contributed by atoms with Crippen molar-refractivity contribution in [2.45, 2.75) is 0 Å². The summed E-state index contributed by atoms with van der Waals surface area (Å²) in [5, 5.41) is 12.6. The summed E-state index contributed by atoms with van der Waals surface area (Å²) in [4.78, 5) is 15.8. The highest BCUT2D eigenvalue weighted by Gasteiger charge is 2.09. The number of phenolic OH excluding ortho intramolecular Hbond substituents is 1. The molecular weight excluding hydrogens is 268 g/mol. The van der Waals surface area contributed by atoms with Gasteiger partial charge in [0.2, 0.25) is 0 Å². The first kappa shape index (κ1) is 13.2. The van der Waals surface area contributed by atoms with Crippen molar-refractivity contribution in [3.8, 4) is 11.5 Å². The van der Waals surface area contributed by atoms with Gasteiger partial charge in [-0.05, 0) is 24.3 Å². The lowest BCUT2D eigenvalue weighted by Gasteiger charge is -2.07.